The Morgan fingerprint density at radius 2 is 2.13 bits per heavy atom. The highest BCUT2D eigenvalue weighted by Crippen LogP contribution is 2.08. The highest BCUT2D eigenvalue weighted by atomic mass is 16.3. The van der Waals surface area contributed by atoms with Gasteiger partial charge >= 0.3 is 0 Å². The molecule has 1 fully saturated rings. The summed E-state index contributed by atoms with van der Waals surface area (Å²) in [6.45, 7) is 1.29. The van der Waals surface area contributed by atoms with Crippen LogP contribution in [0.3, 0.4) is 0 Å². The van der Waals surface area contributed by atoms with Crippen molar-refractivity contribution in [3.05, 3.63) is 0 Å². The molecule has 6 heteroatoms. The molecule has 1 heterocycles. The Kier molecular flexibility index (Phi) is 4.04. The van der Waals surface area contributed by atoms with Crippen LogP contribution in [0.25, 0.3) is 0 Å². The van der Waals surface area contributed by atoms with Crippen LogP contribution in [0, 0.1) is 0 Å². The lowest BCUT2D eigenvalue weighted by Gasteiger charge is -2.27. The highest BCUT2D eigenvalue weighted by molar-refractivity contribution is 5.82. The number of carbonyl (C=O) groups is 1. The molecule has 6 nitrogen and oxygen atoms in total. The van der Waals surface area contributed by atoms with Gasteiger partial charge in [-0.2, -0.15) is 0 Å². The minimum Gasteiger partial charge on any atom is -0.394 e. The van der Waals surface area contributed by atoms with Gasteiger partial charge in [0.2, 0.25) is 5.91 Å². The number of amides is 1. The second-order valence-electron chi connectivity index (χ2n) is 4.22. The third-order valence-corrected chi connectivity index (χ3v) is 2.55. The van der Waals surface area contributed by atoms with Crippen molar-refractivity contribution in [2.45, 2.75) is 31.0 Å². The van der Waals surface area contributed by atoms with Gasteiger partial charge in [-0.1, -0.05) is 0 Å². The summed E-state index contributed by atoms with van der Waals surface area (Å²) < 4.78 is 0. The first-order chi connectivity index (χ1) is 7.00. The number of carbonyl (C=O) groups excluding carboxylic acids is 1. The number of β-amino-alcohol motifs (C(OH)–C–C–N with tert-alkyl or cyclic N) is 1. The maximum Gasteiger partial charge on any atom is 0.237 e. The second-order valence-corrected chi connectivity index (χ2v) is 4.22. The van der Waals surface area contributed by atoms with Crippen LogP contribution in [0.1, 0.15) is 13.3 Å². The maximum atomic E-state index is 11.6. The Balaban J connectivity index is 2.48. The highest BCUT2D eigenvalue weighted by Gasteiger charge is 2.32. The summed E-state index contributed by atoms with van der Waals surface area (Å²) in [5.41, 5.74) is -1.01. The summed E-state index contributed by atoms with van der Waals surface area (Å²) in [7, 11) is 0. The first-order valence-electron chi connectivity index (χ1n) is 4.96. The average molecular weight is 218 g/mol. The van der Waals surface area contributed by atoms with Crippen LogP contribution in [0.5, 0.6) is 0 Å². The van der Waals surface area contributed by atoms with E-state index < -0.39 is 17.7 Å². The van der Waals surface area contributed by atoms with E-state index in [0.29, 0.717) is 13.0 Å². The van der Waals surface area contributed by atoms with Crippen molar-refractivity contribution in [2.75, 3.05) is 19.8 Å². The lowest BCUT2D eigenvalue weighted by molar-refractivity contribution is -0.126. The molecule has 2 unspecified atom stereocenters. The standard InChI is InChI=1S/C9H18N2O4/c1-9(4-12,5-13)11-8(15)7-2-6(14)3-10-7/h6-7,10,12-14H,2-5H2,1H3,(H,11,15). The van der Waals surface area contributed by atoms with Crippen LogP contribution in [-0.2, 0) is 4.79 Å². The quantitative estimate of drug-likeness (QED) is 0.361. The molecule has 0 aromatic heterocycles. The Hall–Kier alpha value is -0.690. The largest absolute Gasteiger partial charge is 0.394 e. The average Bonchev–Trinajstić information content (AvgIpc) is 2.65. The van der Waals surface area contributed by atoms with Crippen molar-refractivity contribution < 1.29 is 20.1 Å². The van der Waals surface area contributed by atoms with Crippen LogP contribution in [0.4, 0.5) is 0 Å². The van der Waals surface area contributed by atoms with E-state index in [2.05, 4.69) is 10.6 Å². The monoisotopic (exact) mass is 218 g/mol. The normalized spacial score (nSPS) is 26.7. The molecule has 0 aromatic rings. The Morgan fingerprint density at radius 3 is 2.53 bits per heavy atom. The predicted molar refractivity (Wildman–Crippen MR) is 53.1 cm³/mol. The molecule has 1 saturated heterocycles. The fourth-order valence-corrected chi connectivity index (χ4v) is 1.43. The second kappa shape index (κ2) is 4.89. The SMILES string of the molecule is CC(CO)(CO)NC(=O)C1CC(O)CN1. The van der Waals surface area contributed by atoms with Crippen molar-refractivity contribution in [3.8, 4) is 0 Å². The maximum absolute atomic E-state index is 11.6. The predicted octanol–water partition coefficient (Wildman–Crippen LogP) is -2.43. The summed E-state index contributed by atoms with van der Waals surface area (Å²) >= 11 is 0. The molecule has 5 N–H and O–H groups in total. The van der Waals surface area contributed by atoms with Crippen molar-refractivity contribution in [1.82, 2.24) is 10.6 Å². The molecular weight excluding hydrogens is 200 g/mol. The van der Waals surface area contributed by atoms with Gasteiger partial charge in [0.1, 0.15) is 0 Å². The van der Waals surface area contributed by atoms with Gasteiger partial charge in [-0.25, -0.2) is 0 Å². The molecule has 0 spiro atoms. The van der Waals surface area contributed by atoms with E-state index in [1.165, 1.54) is 0 Å². The van der Waals surface area contributed by atoms with Crippen molar-refractivity contribution >= 4 is 5.91 Å². The van der Waals surface area contributed by atoms with Gasteiger partial charge in [0.15, 0.2) is 0 Å². The lowest BCUT2D eigenvalue weighted by Crippen LogP contribution is -2.56. The zero-order valence-corrected chi connectivity index (χ0v) is 8.73. The van der Waals surface area contributed by atoms with E-state index >= 15 is 0 Å². The molecule has 1 amide bonds. The molecule has 88 valence electrons. The molecule has 0 radical (unpaired) electrons. The minimum absolute atomic E-state index is 0.308. The van der Waals surface area contributed by atoms with Gasteiger partial charge in [-0.3, -0.25) is 4.79 Å². The number of aliphatic hydroxyl groups excluding tert-OH is 3. The van der Waals surface area contributed by atoms with Gasteiger partial charge in [-0.15, -0.1) is 0 Å². The van der Waals surface area contributed by atoms with Crippen LogP contribution < -0.4 is 10.6 Å². The first-order valence-corrected chi connectivity index (χ1v) is 4.96. The molecule has 1 rings (SSSR count). The first kappa shape index (κ1) is 12.4. The molecule has 1 aliphatic heterocycles. The summed E-state index contributed by atoms with van der Waals surface area (Å²) in [5.74, 6) is -0.308. The zero-order valence-electron chi connectivity index (χ0n) is 8.73. The van der Waals surface area contributed by atoms with Crippen molar-refractivity contribution in [2.24, 2.45) is 0 Å². The topological polar surface area (TPSA) is 102 Å². The fraction of sp³-hybridized carbons (Fsp3) is 0.889. The van der Waals surface area contributed by atoms with E-state index in [9.17, 15) is 9.90 Å². The van der Waals surface area contributed by atoms with Crippen LogP contribution >= 0.6 is 0 Å². The van der Waals surface area contributed by atoms with Gasteiger partial charge in [-0.05, 0) is 13.3 Å². The molecule has 0 aliphatic carbocycles. The van der Waals surface area contributed by atoms with Crippen LogP contribution in [0.15, 0.2) is 0 Å². The molecule has 0 saturated carbocycles. The number of hydrogen-bond donors (Lipinski definition) is 5. The van der Waals surface area contributed by atoms with Gasteiger partial charge in [0.25, 0.3) is 0 Å². The molecule has 1 aliphatic rings. The van der Waals surface area contributed by atoms with Gasteiger partial charge in [0, 0.05) is 6.54 Å². The Bertz CT molecular complexity index is 230. The van der Waals surface area contributed by atoms with E-state index in [4.69, 9.17) is 10.2 Å². The third kappa shape index (κ3) is 3.13. The summed E-state index contributed by atoms with van der Waals surface area (Å²) in [6.07, 6.45) is -0.144. The van der Waals surface area contributed by atoms with E-state index in [1.54, 1.807) is 6.92 Å². The van der Waals surface area contributed by atoms with Gasteiger partial charge in [0.05, 0.1) is 30.9 Å². The van der Waals surface area contributed by atoms with Crippen LogP contribution in [-0.4, -0.2) is 58.7 Å². The third-order valence-electron chi connectivity index (χ3n) is 2.55. The van der Waals surface area contributed by atoms with Crippen LogP contribution in [0.2, 0.25) is 0 Å². The molecule has 2 atom stereocenters. The summed E-state index contributed by atoms with van der Waals surface area (Å²) in [6, 6.07) is -0.447. The number of aliphatic hydroxyl groups is 3. The molecule has 0 aromatic carbocycles. The van der Waals surface area contributed by atoms with Crippen molar-refractivity contribution in [3.63, 3.8) is 0 Å². The van der Waals surface area contributed by atoms with Crippen molar-refractivity contribution in [1.29, 1.82) is 0 Å². The number of nitrogens with one attached hydrogen (secondary N) is 2. The van der Waals surface area contributed by atoms with Gasteiger partial charge < -0.3 is 26.0 Å². The molecule has 0 bridgehead atoms. The minimum atomic E-state index is -1.01. The van der Waals surface area contributed by atoms with E-state index in [-0.39, 0.29) is 19.1 Å². The fourth-order valence-electron chi connectivity index (χ4n) is 1.43. The Morgan fingerprint density at radius 1 is 1.53 bits per heavy atom. The van der Waals surface area contributed by atoms with E-state index in [1.807, 2.05) is 0 Å². The molecule has 15 heavy (non-hydrogen) atoms. The summed E-state index contributed by atoms with van der Waals surface area (Å²) in [5, 5.41) is 32.6. The number of hydrogen-bond acceptors (Lipinski definition) is 5. The smallest absolute Gasteiger partial charge is 0.237 e. The lowest BCUT2D eigenvalue weighted by atomic mass is 10.0. The van der Waals surface area contributed by atoms with E-state index in [0.717, 1.165) is 0 Å². The summed E-state index contributed by atoms with van der Waals surface area (Å²) in [4.78, 5) is 11.6. The Labute approximate surface area is 88.3 Å². The number of rotatable bonds is 4. The molecular formula is C9H18N2O4. The zero-order chi connectivity index (χ0) is 11.5.